The van der Waals surface area contributed by atoms with Crippen LogP contribution >= 0.6 is 22.9 Å². The second-order valence-corrected chi connectivity index (χ2v) is 7.41. The molecule has 1 unspecified atom stereocenters. The second kappa shape index (κ2) is 6.00. The van der Waals surface area contributed by atoms with Crippen LogP contribution in [0.3, 0.4) is 0 Å². The molecule has 0 saturated carbocycles. The van der Waals surface area contributed by atoms with E-state index in [0.29, 0.717) is 10.6 Å². The van der Waals surface area contributed by atoms with E-state index >= 15 is 0 Å². The molecule has 1 heterocycles. The Morgan fingerprint density at radius 3 is 2.71 bits per heavy atom. The number of nitrogens with one attached hydrogen (secondary N) is 1. The van der Waals surface area contributed by atoms with Gasteiger partial charge in [-0.05, 0) is 18.6 Å². The van der Waals surface area contributed by atoms with Crippen LogP contribution in [0, 0.1) is 0 Å². The highest BCUT2D eigenvalue weighted by Gasteiger charge is 2.27. The van der Waals surface area contributed by atoms with Crippen molar-refractivity contribution in [3.63, 3.8) is 0 Å². The van der Waals surface area contributed by atoms with E-state index in [2.05, 4.69) is 9.71 Å². The summed E-state index contributed by atoms with van der Waals surface area (Å²) in [6.07, 6.45) is 0. The Hall–Kier alpha value is -1.64. The number of aromatic carboxylic acids is 1. The maximum absolute atomic E-state index is 12.3. The van der Waals surface area contributed by atoms with Crippen LogP contribution in [-0.4, -0.2) is 24.5 Å². The van der Waals surface area contributed by atoms with Crippen LogP contribution in [0.5, 0.6) is 0 Å². The molecule has 2 rings (SSSR count). The van der Waals surface area contributed by atoms with Gasteiger partial charge in [-0.3, -0.25) is 4.72 Å². The average Bonchev–Trinajstić information content (AvgIpc) is 2.86. The van der Waals surface area contributed by atoms with E-state index in [9.17, 15) is 13.2 Å². The number of nitrogens with zero attached hydrogens (tertiary/aromatic N) is 1. The van der Waals surface area contributed by atoms with Crippen LogP contribution in [0.1, 0.15) is 28.2 Å². The molecule has 0 fully saturated rings. The number of carboxylic acids is 1. The number of anilines is 1. The van der Waals surface area contributed by atoms with Crippen molar-refractivity contribution in [3.05, 3.63) is 46.1 Å². The fraction of sp³-hybridized carbons (Fsp3) is 0.167. The summed E-state index contributed by atoms with van der Waals surface area (Å²) in [5, 5.41) is 8.31. The first kappa shape index (κ1) is 15.7. The van der Waals surface area contributed by atoms with E-state index in [1.165, 1.54) is 12.4 Å². The maximum Gasteiger partial charge on any atom is 0.357 e. The van der Waals surface area contributed by atoms with Gasteiger partial charge in [0, 0.05) is 5.02 Å². The van der Waals surface area contributed by atoms with Crippen molar-refractivity contribution >= 4 is 43.9 Å². The lowest BCUT2D eigenvalue weighted by Crippen LogP contribution is -2.20. The number of thiazole rings is 1. The molecule has 1 aromatic carbocycles. The number of rotatable bonds is 5. The summed E-state index contributed by atoms with van der Waals surface area (Å²) in [6.45, 7) is 1.48. The Kier molecular flexibility index (Phi) is 4.50. The molecular weight excluding hydrogens is 336 g/mol. The van der Waals surface area contributed by atoms with Crippen molar-refractivity contribution < 1.29 is 18.3 Å². The molecule has 0 radical (unpaired) electrons. The van der Waals surface area contributed by atoms with E-state index < -0.39 is 21.2 Å². The quantitative estimate of drug-likeness (QED) is 0.867. The van der Waals surface area contributed by atoms with E-state index in [-0.39, 0.29) is 10.7 Å². The summed E-state index contributed by atoms with van der Waals surface area (Å²) >= 11 is 6.90. The van der Waals surface area contributed by atoms with Crippen LogP contribution in [0.25, 0.3) is 0 Å². The third-order valence-electron chi connectivity index (χ3n) is 2.81. The standard InChI is InChI=1S/C12H11ClN2O4S2/c1-7(8-4-2-3-5-9(8)13)21(18,19)15-11-10(12(16)17)14-6-20-11/h2-7,15H,1H3,(H,16,17). The average molecular weight is 347 g/mol. The number of benzene rings is 1. The lowest BCUT2D eigenvalue weighted by molar-refractivity contribution is 0.0692. The van der Waals surface area contributed by atoms with E-state index in [1.807, 2.05) is 0 Å². The molecule has 2 N–H and O–H groups in total. The lowest BCUT2D eigenvalue weighted by Gasteiger charge is -2.15. The van der Waals surface area contributed by atoms with Crippen molar-refractivity contribution in [2.75, 3.05) is 4.72 Å². The van der Waals surface area contributed by atoms with Gasteiger partial charge in [-0.1, -0.05) is 29.8 Å². The highest BCUT2D eigenvalue weighted by Crippen LogP contribution is 2.31. The Balaban J connectivity index is 2.32. The van der Waals surface area contributed by atoms with E-state index in [4.69, 9.17) is 16.7 Å². The molecule has 2 aromatic rings. The van der Waals surface area contributed by atoms with Crippen molar-refractivity contribution in [1.82, 2.24) is 4.98 Å². The van der Waals surface area contributed by atoms with Crippen LogP contribution in [0.4, 0.5) is 5.00 Å². The van der Waals surface area contributed by atoms with Crippen molar-refractivity contribution in [1.29, 1.82) is 0 Å². The SMILES string of the molecule is CC(c1ccccc1Cl)S(=O)(=O)Nc1scnc1C(=O)O. The molecule has 0 bridgehead atoms. The summed E-state index contributed by atoms with van der Waals surface area (Å²) in [7, 11) is -3.84. The topological polar surface area (TPSA) is 96.4 Å². The molecule has 6 nitrogen and oxygen atoms in total. The molecule has 0 aliphatic heterocycles. The minimum Gasteiger partial charge on any atom is -0.476 e. The van der Waals surface area contributed by atoms with E-state index in [0.717, 1.165) is 11.3 Å². The summed E-state index contributed by atoms with van der Waals surface area (Å²) in [4.78, 5) is 14.6. The fourth-order valence-corrected chi connectivity index (χ4v) is 4.15. The molecule has 0 saturated heterocycles. The van der Waals surface area contributed by atoms with Crippen molar-refractivity contribution in [2.24, 2.45) is 0 Å². The fourth-order valence-electron chi connectivity index (χ4n) is 1.66. The molecular formula is C12H11ClN2O4S2. The van der Waals surface area contributed by atoms with Crippen LogP contribution in [0.15, 0.2) is 29.8 Å². The maximum atomic E-state index is 12.3. The van der Waals surface area contributed by atoms with Crippen molar-refractivity contribution in [2.45, 2.75) is 12.2 Å². The van der Waals surface area contributed by atoms with Gasteiger partial charge in [-0.25, -0.2) is 18.2 Å². The van der Waals surface area contributed by atoms with Gasteiger partial charge in [-0.2, -0.15) is 0 Å². The van der Waals surface area contributed by atoms with Gasteiger partial charge in [0.25, 0.3) is 0 Å². The van der Waals surface area contributed by atoms with Gasteiger partial charge in [0.05, 0.1) is 5.51 Å². The lowest BCUT2D eigenvalue weighted by atomic mass is 10.2. The number of hydrogen-bond donors (Lipinski definition) is 2. The van der Waals surface area contributed by atoms with Crippen LogP contribution in [0.2, 0.25) is 5.02 Å². The zero-order valence-corrected chi connectivity index (χ0v) is 13.2. The monoisotopic (exact) mass is 346 g/mol. The highest BCUT2D eigenvalue weighted by molar-refractivity contribution is 7.93. The first-order valence-electron chi connectivity index (χ1n) is 5.75. The van der Waals surface area contributed by atoms with Gasteiger partial charge in [0.15, 0.2) is 5.69 Å². The summed E-state index contributed by atoms with van der Waals surface area (Å²) < 4.78 is 26.9. The van der Waals surface area contributed by atoms with Gasteiger partial charge < -0.3 is 5.11 Å². The predicted octanol–water partition coefficient (Wildman–Crippen LogP) is 3.00. The predicted molar refractivity (Wildman–Crippen MR) is 81.5 cm³/mol. The van der Waals surface area contributed by atoms with Crippen LogP contribution in [-0.2, 0) is 10.0 Å². The molecule has 21 heavy (non-hydrogen) atoms. The summed E-state index contributed by atoms with van der Waals surface area (Å²) in [5.41, 5.74) is 1.38. The zero-order chi connectivity index (χ0) is 15.6. The smallest absolute Gasteiger partial charge is 0.357 e. The third kappa shape index (κ3) is 3.34. The number of aromatic nitrogens is 1. The summed E-state index contributed by atoms with van der Waals surface area (Å²) in [5.74, 6) is -1.29. The number of halogens is 1. The molecule has 1 atom stereocenters. The molecule has 112 valence electrons. The van der Waals surface area contributed by atoms with E-state index in [1.54, 1.807) is 24.3 Å². The summed E-state index contributed by atoms with van der Waals surface area (Å²) in [6, 6.07) is 6.59. The largest absolute Gasteiger partial charge is 0.476 e. The van der Waals surface area contributed by atoms with Gasteiger partial charge in [-0.15, -0.1) is 11.3 Å². The molecule has 9 heteroatoms. The van der Waals surface area contributed by atoms with Gasteiger partial charge in [0.1, 0.15) is 10.3 Å². The van der Waals surface area contributed by atoms with Gasteiger partial charge in [0.2, 0.25) is 10.0 Å². The van der Waals surface area contributed by atoms with Crippen LogP contribution < -0.4 is 4.72 Å². The first-order chi connectivity index (χ1) is 9.83. The Bertz CT molecular complexity index is 773. The Morgan fingerprint density at radius 1 is 1.43 bits per heavy atom. The number of carbonyl (C=O) groups is 1. The molecule has 0 amide bonds. The Labute approximate surface area is 130 Å². The number of sulfonamides is 1. The zero-order valence-electron chi connectivity index (χ0n) is 10.8. The second-order valence-electron chi connectivity index (χ2n) is 4.15. The van der Waals surface area contributed by atoms with Crippen molar-refractivity contribution in [3.8, 4) is 0 Å². The molecule has 0 aliphatic carbocycles. The molecule has 1 aromatic heterocycles. The first-order valence-corrected chi connectivity index (χ1v) is 8.56. The Morgan fingerprint density at radius 2 is 2.10 bits per heavy atom. The molecule has 0 spiro atoms. The minimum atomic E-state index is -3.84. The van der Waals surface area contributed by atoms with Gasteiger partial charge >= 0.3 is 5.97 Å². The molecule has 0 aliphatic rings. The minimum absolute atomic E-state index is 0.0265. The third-order valence-corrected chi connectivity index (χ3v) is 5.70. The highest BCUT2D eigenvalue weighted by atomic mass is 35.5. The number of carboxylic acid groups (broad SMARTS) is 1. The normalized spacial score (nSPS) is 12.9. The number of hydrogen-bond acceptors (Lipinski definition) is 5.